The van der Waals surface area contributed by atoms with Gasteiger partial charge in [0.05, 0.1) is 7.11 Å². The minimum absolute atomic E-state index is 0.257. The van der Waals surface area contributed by atoms with Crippen molar-refractivity contribution in [3.05, 3.63) is 23.8 Å². The van der Waals surface area contributed by atoms with Gasteiger partial charge in [0.1, 0.15) is 12.7 Å². The molecule has 1 aliphatic rings. The fourth-order valence-electron chi connectivity index (χ4n) is 3.54. The summed E-state index contributed by atoms with van der Waals surface area (Å²) in [4.78, 5) is 2.10. The average Bonchev–Trinajstić information content (AvgIpc) is 2.67. The van der Waals surface area contributed by atoms with Crippen LogP contribution in [0, 0.1) is 5.92 Å². The van der Waals surface area contributed by atoms with E-state index in [2.05, 4.69) is 30.1 Å². The van der Waals surface area contributed by atoms with Crippen LogP contribution in [0.5, 0.6) is 11.5 Å². The van der Waals surface area contributed by atoms with Crippen LogP contribution in [0.4, 0.5) is 0 Å². The third-order valence-electron chi connectivity index (χ3n) is 5.53. The van der Waals surface area contributed by atoms with E-state index in [0.717, 1.165) is 24.8 Å². The van der Waals surface area contributed by atoms with Crippen molar-refractivity contribution in [1.82, 2.24) is 10.2 Å². The molecule has 0 amide bonds. The zero-order chi connectivity index (χ0) is 19.6. The molecule has 1 aromatic rings. The number of hydrogen-bond acceptors (Lipinski definition) is 5. The molecule has 0 saturated heterocycles. The Kier molecular flexibility index (Phi) is 9.39. The van der Waals surface area contributed by atoms with Crippen LogP contribution >= 0.6 is 0 Å². The van der Waals surface area contributed by atoms with Crippen LogP contribution in [0.2, 0.25) is 0 Å². The fraction of sp³-hybridized carbons (Fsp3) is 0.727. The lowest BCUT2D eigenvalue weighted by atomic mass is 9.89. The van der Waals surface area contributed by atoms with Gasteiger partial charge in [0, 0.05) is 19.1 Å². The minimum atomic E-state index is -0.529. The van der Waals surface area contributed by atoms with Gasteiger partial charge in [-0.25, -0.2) is 0 Å². The second-order valence-corrected chi connectivity index (χ2v) is 8.12. The first kappa shape index (κ1) is 22.0. The maximum Gasteiger partial charge on any atom is 0.161 e. The molecule has 1 atom stereocenters. The van der Waals surface area contributed by atoms with Crippen molar-refractivity contribution in [3.8, 4) is 11.5 Å². The van der Waals surface area contributed by atoms with E-state index in [1.807, 2.05) is 19.2 Å². The Bertz CT molecular complexity index is 544. The van der Waals surface area contributed by atoms with Crippen molar-refractivity contribution < 1.29 is 14.6 Å². The van der Waals surface area contributed by atoms with Crippen molar-refractivity contribution in [2.24, 2.45) is 5.92 Å². The van der Waals surface area contributed by atoms with Gasteiger partial charge in [-0.1, -0.05) is 25.3 Å². The number of rotatable bonds is 11. The van der Waals surface area contributed by atoms with Crippen molar-refractivity contribution in [3.63, 3.8) is 0 Å². The fourth-order valence-corrected chi connectivity index (χ4v) is 3.54. The van der Waals surface area contributed by atoms with Crippen LogP contribution in [-0.2, 0) is 6.54 Å². The quantitative estimate of drug-likeness (QED) is 0.618. The molecular formula is C22H38N2O3. The third kappa shape index (κ3) is 7.68. The van der Waals surface area contributed by atoms with Crippen LogP contribution in [0.15, 0.2) is 18.2 Å². The third-order valence-corrected chi connectivity index (χ3v) is 5.53. The van der Waals surface area contributed by atoms with Gasteiger partial charge >= 0.3 is 0 Å². The number of likely N-dealkylation sites (N-methyl/N-ethyl adjacent to an activating group) is 1. The second-order valence-electron chi connectivity index (χ2n) is 8.12. The summed E-state index contributed by atoms with van der Waals surface area (Å²) in [5, 5.41) is 13.8. The molecule has 0 heterocycles. The minimum Gasteiger partial charge on any atom is -0.493 e. The maximum atomic E-state index is 10.2. The van der Waals surface area contributed by atoms with E-state index in [1.165, 1.54) is 37.7 Å². The van der Waals surface area contributed by atoms with Gasteiger partial charge in [0.25, 0.3) is 0 Å². The van der Waals surface area contributed by atoms with E-state index in [1.54, 1.807) is 7.11 Å². The summed E-state index contributed by atoms with van der Waals surface area (Å²) in [7, 11) is 3.66. The lowest BCUT2D eigenvalue weighted by Gasteiger charge is -2.24. The molecule has 2 rings (SSSR count). The summed E-state index contributed by atoms with van der Waals surface area (Å²) >= 11 is 0. The first-order valence-corrected chi connectivity index (χ1v) is 10.4. The smallest absolute Gasteiger partial charge is 0.161 e. The highest BCUT2D eigenvalue weighted by Crippen LogP contribution is 2.28. The Labute approximate surface area is 165 Å². The normalized spacial score (nSPS) is 16.7. The zero-order valence-corrected chi connectivity index (χ0v) is 17.5. The molecule has 27 heavy (non-hydrogen) atoms. The van der Waals surface area contributed by atoms with Crippen LogP contribution in [-0.4, -0.2) is 56.0 Å². The number of methoxy groups -OCH3 is 1. The van der Waals surface area contributed by atoms with E-state index < -0.39 is 6.10 Å². The highest BCUT2D eigenvalue weighted by Gasteiger charge is 2.14. The molecule has 1 unspecified atom stereocenters. The van der Waals surface area contributed by atoms with Crippen molar-refractivity contribution in [2.75, 3.05) is 33.9 Å². The summed E-state index contributed by atoms with van der Waals surface area (Å²) in [5.41, 5.74) is 1.19. The van der Waals surface area contributed by atoms with Crippen LogP contribution in [0.3, 0.4) is 0 Å². The highest BCUT2D eigenvalue weighted by molar-refractivity contribution is 5.43. The average molecular weight is 379 g/mol. The highest BCUT2D eigenvalue weighted by atomic mass is 16.5. The molecule has 2 N–H and O–H groups in total. The molecule has 1 fully saturated rings. The Hall–Kier alpha value is -1.30. The number of benzene rings is 1. The summed E-state index contributed by atoms with van der Waals surface area (Å²) in [5.74, 6) is 2.23. The number of aliphatic hydroxyl groups is 1. The van der Waals surface area contributed by atoms with Crippen molar-refractivity contribution >= 4 is 0 Å². The topological polar surface area (TPSA) is 54.0 Å². The Morgan fingerprint density at radius 3 is 2.59 bits per heavy atom. The summed E-state index contributed by atoms with van der Waals surface area (Å²) in [6.07, 6.45) is 6.35. The van der Waals surface area contributed by atoms with Gasteiger partial charge in [0.2, 0.25) is 0 Å². The van der Waals surface area contributed by atoms with E-state index in [4.69, 9.17) is 9.47 Å². The van der Waals surface area contributed by atoms with Crippen molar-refractivity contribution in [2.45, 2.75) is 64.6 Å². The number of aliphatic hydroxyl groups excluding tert-OH is 1. The van der Waals surface area contributed by atoms with Gasteiger partial charge in [0.15, 0.2) is 11.5 Å². The molecule has 1 aromatic carbocycles. The molecule has 154 valence electrons. The predicted molar refractivity (Wildman–Crippen MR) is 111 cm³/mol. The van der Waals surface area contributed by atoms with Gasteiger partial charge in [-0.15, -0.1) is 0 Å². The van der Waals surface area contributed by atoms with E-state index >= 15 is 0 Å². The lowest BCUT2D eigenvalue weighted by molar-refractivity contribution is 0.0668. The van der Waals surface area contributed by atoms with E-state index in [0.29, 0.717) is 18.3 Å². The van der Waals surface area contributed by atoms with Crippen LogP contribution < -0.4 is 14.8 Å². The first-order chi connectivity index (χ1) is 13.0. The Balaban J connectivity index is 1.80. The molecule has 0 spiro atoms. The van der Waals surface area contributed by atoms with Gasteiger partial charge in [-0.2, -0.15) is 0 Å². The monoisotopic (exact) mass is 378 g/mol. The molecule has 0 aromatic heterocycles. The largest absolute Gasteiger partial charge is 0.493 e. The van der Waals surface area contributed by atoms with Gasteiger partial charge in [-0.3, -0.25) is 0 Å². The summed E-state index contributed by atoms with van der Waals surface area (Å²) in [6, 6.07) is 6.43. The molecule has 1 aliphatic carbocycles. The number of ether oxygens (including phenoxy) is 2. The maximum absolute atomic E-state index is 10.2. The van der Waals surface area contributed by atoms with Crippen LogP contribution in [0.25, 0.3) is 0 Å². The van der Waals surface area contributed by atoms with Gasteiger partial charge < -0.3 is 24.8 Å². The Morgan fingerprint density at radius 2 is 1.93 bits per heavy atom. The van der Waals surface area contributed by atoms with Crippen LogP contribution in [0.1, 0.15) is 51.5 Å². The van der Waals surface area contributed by atoms with E-state index in [-0.39, 0.29) is 6.61 Å². The molecule has 5 heteroatoms. The number of hydrogen-bond donors (Lipinski definition) is 2. The molecule has 0 radical (unpaired) electrons. The Morgan fingerprint density at radius 1 is 1.19 bits per heavy atom. The molecule has 5 nitrogen and oxygen atoms in total. The molecule has 1 saturated carbocycles. The zero-order valence-electron chi connectivity index (χ0n) is 17.5. The molecular weight excluding hydrogens is 340 g/mol. The van der Waals surface area contributed by atoms with E-state index in [9.17, 15) is 5.11 Å². The standard InChI is InChI=1S/C22H38N2O3/c1-17(2)24(3)15-20(25)16-27-21-11-10-19(12-22(21)26-4)14-23-13-18-8-6-5-7-9-18/h10-12,17-18,20,23,25H,5-9,13-16H2,1-4H3. The molecule has 0 bridgehead atoms. The predicted octanol–water partition coefficient (Wildman–Crippen LogP) is 3.45. The number of nitrogens with zero attached hydrogens (tertiary/aromatic N) is 1. The second kappa shape index (κ2) is 11.5. The SMILES string of the molecule is COc1cc(CNCC2CCCCC2)ccc1OCC(O)CN(C)C(C)C. The lowest BCUT2D eigenvalue weighted by Crippen LogP contribution is -2.36. The first-order valence-electron chi connectivity index (χ1n) is 10.4. The van der Waals surface area contributed by atoms with Crippen molar-refractivity contribution in [1.29, 1.82) is 0 Å². The number of nitrogens with one attached hydrogen (secondary N) is 1. The summed E-state index contributed by atoms with van der Waals surface area (Å²) in [6.45, 7) is 7.00. The molecule has 0 aliphatic heterocycles. The summed E-state index contributed by atoms with van der Waals surface area (Å²) < 4.78 is 11.3. The van der Waals surface area contributed by atoms with Gasteiger partial charge in [-0.05, 0) is 63.9 Å².